The summed E-state index contributed by atoms with van der Waals surface area (Å²) in [4.78, 5) is 0. The second-order valence-electron chi connectivity index (χ2n) is 21.5. The number of furan rings is 2. The molecule has 2 aromatic heterocycles. The van der Waals surface area contributed by atoms with Crippen molar-refractivity contribution < 1.29 is 88.3 Å². The Morgan fingerprint density at radius 2 is 0.469 bits per heavy atom. The van der Waals surface area contributed by atoms with Gasteiger partial charge in [-0.1, -0.05) is 320 Å². The van der Waals surface area contributed by atoms with Crippen molar-refractivity contribution >= 4 is 141 Å². The fourth-order valence-electron chi connectivity index (χ4n) is 12.2. The normalized spacial score (nSPS) is 20.2. The molecule has 0 radical (unpaired) electrons. The van der Waals surface area contributed by atoms with E-state index < -0.39 is 558 Å². The van der Waals surface area contributed by atoms with Crippen LogP contribution in [0.15, 0.2) is 359 Å². The van der Waals surface area contributed by atoms with Crippen molar-refractivity contribution in [2.75, 3.05) is 0 Å². The minimum Gasteiger partial charge on any atom is -0.455 e. The van der Waals surface area contributed by atoms with Gasteiger partial charge in [-0.15, -0.1) is 0 Å². The average molecular weight is 1300 g/mol. The summed E-state index contributed by atoms with van der Waals surface area (Å²) in [6, 6.07) is -53.9. The van der Waals surface area contributed by atoms with E-state index >= 15 is 0 Å². The molecular weight excluding hydrogens is 1190 g/mol. The van der Waals surface area contributed by atoms with Crippen LogP contribution >= 0.6 is 0 Å². The average Bonchev–Trinajstić information content (AvgIpc) is 1.25. The summed E-state index contributed by atoms with van der Waals surface area (Å²) < 4.78 is 536. The highest BCUT2D eigenvalue weighted by Gasteiger charge is 2.24. The number of benzene rings is 19. The predicted molar refractivity (Wildman–Crippen MR) is 418 cm³/mol. The largest absolute Gasteiger partial charge is 0.455 e. The molecule has 21 aromatic rings. The zero-order valence-corrected chi connectivity index (χ0v) is 48.8. The lowest BCUT2D eigenvalue weighted by Crippen LogP contribution is -1.91. The lowest BCUT2D eigenvalue weighted by atomic mass is 9.84. The summed E-state index contributed by atoms with van der Waals surface area (Å²) in [6.07, 6.45) is 0. The molecule has 0 saturated heterocycles. The van der Waals surface area contributed by atoms with E-state index in [0.29, 0.717) is 0 Å². The van der Waals surface area contributed by atoms with Crippen molar-refractivity contribution in [1.29, 1.82) is 0 Å². The first-order valence-electron chi connectivity index (χ1n) is 58.1. The fraction of sp³-hybridized carbons (Fsp3) is 0. The first-order chi connectivity index (χ1) is 72.8. The van der Waals surface area contributed by atoms with Crippen molar-refractivity contribution in [3.8, 4) is 66.8 Å². The second-order valence-corrected chi connectivity index (χ2v) is 21.5. The van der Waals surface area contributed by atoms with Gasteiger partial charge >= 0.3 is 0 Å². The Bertz CT molecular complexity index is 10300. The van der Waals surface area contributed by atoms with Crippen molar-refractivity contribution in [2.24, 2.45) is 0 Å². The molecule has 19 aromatic carbocycles. The molecule has 0 saturated carbocycles. The molecule has 0 atom stereocenters. The second kappa shape index (κ2) is 22.4. The van der Waals surface area contributed by atoms with Crippen LogP contribution in [0.3, 0.4) is 0 Å². The van der Waals surface area contributed by atoms with Crippen LogP contribution in [0.2, 0.25) is 0 Å². The van der Waals surface area contributed by atoms with Crippen molar-refractivity contribution in [1.82, 2.24) is 0 Å². The van der Waals surface area contributed by atoms with E-state index in [1.807, 2.05) is 0 Å². The van der Waals surface area contributed by atoms with E-state index in [0.717, 1.165) is 0 Å². The lowest BCUT2D eigenvalue weighted by molar-refractivity contribution is 0.672. The third-order valence-corrected chi connectivity index (χ3v) is 16.4. The van der Waals surface area contributed by atoms with Gasteiger partial charge in [0, 0.05) is 32.3 Å². The molecule has 2 heteroatoms. The zero-order valence-electron chi connectivity index (χ0n) is 107. The molecule has 0 bridgehead atoms. The monoisotopic (exact) mass is 1300 g/mol. The standard InChI is InChI=1S/C50H30O.C46H28O/c1-3-12-37-32(10-1)22-23-34-24-27-36(30-45(34)37)31-20-25-35(26-21-31)47-39-14-5-7-16-41(39)48(42-17-8-6-15-40(42)47)43-18-9-19-46-49(43)44-29-28-33-11-2-4-13-38(33)50(44)51-46;1-3-14-33-29(11-1)13-9-20-34(33)31-23-25-32(26-24-31)43-36-16-5-7-18-38(36)44(39-19-8-6-17-37(39)43)40-21-10-22-42-45(40)41-28-27-30-12-2-4-15-35(30)46(41)47-42/h1-30H;1-28H/i1D,2D,3D,4D,5D,6D,7D,8D,9D,10D,11D,12D,13D,14D,15D,16D,17D,18D,19D,20D,21D,22D,23D,24D,25D,26D,27D,28D,29D,30D;1D,2D,3D,4D,5D,6D,7D,8D,9D,10D,11D,12D,13D,14D,15D,16D,17D,18D,19D,20D,21D,22D,23D,24D,25D,26D,27D,28D. The third-order valence-electron chi connectivity index (χ3n) is 16.4. The molecule has 98 heavy (non-hydrogen) atoms. The van der Waals surface area contributed by atoms with Crippen LogP contribution in [0.4, 0.5) is 0 Å². The van der Waals surface area contributed by atoms with Crippen molar-refractivity contribution in [2.45, 2.75) is 0 Å². The van der Waals surface area contributed by atoms with Gasteiger partial charge in [0.1, 0.15) is 22.3 Å². The number of rotatable bonds is 6. The zero-order chi connectivity index (χ0) is 115. The highest BCUT2D eigenvalue weighted by Crippen LogP contribution is 2.51. The molecule has 0 spiro atoms. The van der Waals surface area contributed by atoms with E-state index in [9.17, 15) is 28.8 Å². The number of fused-ring (bicyclic) bond motifs is 18. The quantitative estimate of drug-likeness (QED) is 0.123. The molecule has 2 nitrogen and oxygen atoms in total. The predicted octanol–water partition coefficient (Wildman–Crippen LogP) is 27.6. The molecular formula is C96H58O2. The van der Waals surface area contributed by atoms with E-state index in [1.54, 1.807) is 0 Å². The smallest absolute Gasteiger partial charge is 0.143 e. The SMILES string of the molecule is [2H]c1c([2H])c(-c2c3c([2H])c([2H])c([2H])c([2H])c3c(-c3c([2H])c([2H])c([2H])c4oc5c6c([2H])c([2H])c([2H])c([2H])c6c([2H])c([2H])c5c34)c3c([2H])c([2H])c([2H])c([2H])c23)c([2H])c([2H])c1-c1c([2H])c([2H])c([2H])c2c([2H])c([2H])c([2H])c([2H])c12.[2H]c1c([2H])c(-c2c3c([2H])c([2H])c([2H])c([2H])c3c(-c3c([2H])c([2H])c([2H])c4oc5c6c([2H])c([2H])c([2H])c([2H])c6c([2H])c([2H])c5c34)c3c([2H])c([2H])c([2H])c([2H])c23)c([2H])c([2H])c1-c1c([2H])c([2H])c2c([2H])c([2H])c3c([2H])c([2H])c([2H])c([2H])c3c2c1[2H]. The molecule has 2 heterocycles. The molecule has 0 amide bonds. The van der Waals surface area contributed by atoms with Crippen LogP contribution in [0, 0.1) is 0 Å². The Kier molecular flexibility index (Phi) is 5.24. The van der Waals surface area contributed by atoms with Crippen molar-refractivity contribution in [3.05, 3.63) is 350 Å². The van der Waals surface area contributed by atoms with Crippen molar-refractivity contribution in [3.63, 3.8) is 0 Å². The minimum atomic E-state index is -1.14. The fourth-order valence-corrected chi connectivity index (χ4v) is 12.2. The maximum atomic E-state index is 9.69. The summed E-state index contributed by atoms with van der Waals surface area (Å²) >= 11 is 0. The molecule has 0 unspecified atom stereocenters. The van der Waals surface area contributed by atoms with E-state index in [-0.39, 0.29) is 0 Å². The van der Waals surface area contributed by atoms with E-state index in [2.05, 4.69) is 0 Å². The lowest BCUT2D eigenvalue weighted by Gasteiger charge is -2.18. The van der Waals surface area contributed by atoms with Crippen LogP contribution in [0.1, 0.15) is 79.5 Å². The van der Waals surface area contributed by atoms with Gasteiger partial charge in [0.25, 0.3) is 0 Å². The molecule has 0 aliphatic carbocycles. The summed E-state index contributed by atoms with van der Waals surface area (Å²) in [7, 11) is 0. The van der Waals surface area contributed by atoms with Gasteiger partial charge in [-0.25, -0.2) is 0 Å². The molecule has 454 valence electrons. The maximum Gasteiger partial charge on any atom is 0.143 e. The number of hydrogen-bond acceptors (Lipinski definition) is 2. The van der Waals surface area contributed by atoms with Crippen LogP contribution in [-0.4, -0.2) is 0 Å². The van der Waals surface area contributed by atoms with E-state index in [4.69, 9.17) is 59.6 Å². The highest BCUT2D eigenvalue weighted by molar-refractivity contribution is 6.29. The van der Waals surface area contributed by atoms with Gasteiger partial charge in [-0.05, 0) is 183 Å². The maximum absolute atomic E-state index is 9.69. The Morgan fingerprint density at radius 1 is 0.173 bits per heavy atom. The van der Waals surface area contributed by atoms with E-state index in [1.165, 1.54) is 0 Å². The third kappa shape index (κ3) is 8.75. The Hall–Kier alpha value is -12.9. The van der Waals surface area contributed by atoms with Gasteiger partial charge < -0.3 is 8.83 Å². The van der Waals surface area contributed by atoms with Gasteiger partial charge in [0.2, 0.25) is 0 Å². The summed E-state index contributed by atoms with van der Waals surface area (Å²) in [5.74, 6) is 0. The topological polar surface area (TPSA) is 26.3 Å². The van der Waals surface area contributed by atoms with Gasteiger partial charge in [-0.3, -0.25) is 0 Å². The number of hydrogen-bond donors (Lipinski definition) is 0. The summed E-state index contributed by atoms with van der Waals surface area (Å²) in [6.45, 7) is 0. The minimum absolute atomic E-state index is 0.460. The molecule has 0 aliphatic heterocycles. The first kappa shape index (κ1) is 22.9. The van der Waals surface area contributed by atoms with Gasteiger partial charge in [-0.2, -0.15) is 0 Å². The van der Waals surface area contributed by atoms with Crippen LogP contribution in [-0.2, 0) is 0 Å². The Morgan fingerprint density at radius 3 is 0.929 bits per heavy atom. The first-order valence-corrected chi connectivity index (χ1v) is 29.1. The summed E-state index contributed by atoms with van der Waals surface area (Å²) in [5.41, 5.74) is -11.8. The molecule has 0 N–H and O–H groups in total. The summed E-state index contributed by atoms with van der Waals surface area (Å²) in [5, 5.41) is -13.5. The molecule has 21 rings (SSSR count). The molecule has 0 aliphatic rings. The Balaban J connectivity index is 0.000000188. The highest BCUT2D eigenvalue weighted by atomic mass is 16.3. The molecule has 0 fully saturated rings. The van der Waals surface area contributed by atoms with Crippen LogP contribution in [0.25, 0.3) is 208 Å². The Labute approximate surface area is 646 Å². The van der Waals surface area contributed by atoms with Crippen LogP contribution in [0.5, 0.6) is 0 Å². The van der Waals surface area contributed by atoms with Gasteiger partial charge in [0.05, 0.1) is 79.5 Å². The van der Waals surface area contributed by atoms with Crippen LogP contribution < -0.4 is 0 Å². The van der Waals surface area contributed by atoms with Gasteiger partial charge in [0.15, 0.2) is 0 Å².